The number of carbonyl (C=O) groups is 3. The number of aromatic nitrogens is 1. The molecule has 1 atom stereocenters. The first-order valence-electron chi connectivity index (χ1n) is 11.5. The van der Waals surface area contributed by atoms with E-state index in [1.807, 2.05) is 0 Å². The van der Waals surface area contributed by atoms with Crippen molar-refractivity contribution in [1.29, 1.82) is 0 Å². The van der Waals surface area contributed by atoms with E-state index < -0.39 is 52.1 Å². The first-order chi connectivity index (χ1) is 17.5. The van der Waals surface area contributed by atoms with Gasteiger partial charge in [0, 0.05) is 38.6 Å². The van der Waals surface area contributed by atoms with Crippen LogP contribution in [0.4, 0.5) is 18.9 Å². The molecule has 0 saturated carbocycles. The number of hydrogen-bond donors (Lipinski definition) is 3. The van der Waals surface area contributed by atoms with Gasteiger partial charge in [0.25, 0.3) is 12.3 Å². The molecule has 3 heterocycles. The Hall–Kier alpha value is -3.39. The molecule has 3 amide bonds. The average molecular weight is 542 g/mol. The first kappa shape index (κ1) is 26.7. The smallest absolute Gasteiger partial charge is 0.311 e. The molecule has 0 bridgehead atoms. The second kappa shape index (κ2) is 10.5. The van der Waals surface area contributed by atoms with E-state index >= 15 is 0 Å². The largest absolute Gasteiger partial charge is 0.488 e. The highest BCUT2D eigenvalue weighted by Crippen LogP contribution is 2.36. The second-order valence-corrected chi connectivity index (χ2v) is 10.0. The molecule has 1 unspecified atom stereocenters. The fraction of sp³-hybridized carbons (Fsp3) is 0.435. The monoisotopic (exact) mass is 541 g/mol. The lowest BCUT2D eigenvalue weighted by atomic mass is 9.89. The molecule has 1 aromatic heterocycles. The first-order valence-corrected chi connectivity index (χ1v) is 12.7. The van der Waals surface area contributed by atoms with Gasteiger partial charge in [-0.3, -0.25) is 14.4 Å². The SMILES string of the molecule is CCNC(=O)C(=O)N1CCC2(CC1)COc1c(cn(C)c1C(=O)Nc1ccc(F)c(C(F)F)c1)S(=O)N2. The third-order valence-corrected chi connectivity index (χ3v) is 7.66. The number of hydrogen-bond acceptors (Lipinski definition) is 5. The van der Waals surface area contributed by atoms with Gasteiger partial charge >= 0.3 is 11.8 Å². The molecule has 2 aliphatic heterocycles. The Balaban J connectivity index is 1.50. The number of nitrogens with one attached hydrogen (secondary N) is 3. The standard InChI is InChI=1S/C23H26F3N5O5S/c1-3-27-21(33)22(34)31-8-6-23(7-9-31)12-36-18-16(37(35)29-23)11-30(2)17(18)20(32)28-13-4-5-15(24)14(10-13)19(25)26/h4-5,10-11,19,29H,3,6-9,12H2,1-2H3,(H,27,33)(H,28,32). The Bertz CT molecular complexity index is 1260. The Labute approximate surface area is 213 Å². The van der Waals surface area contributed by atoms with Crippen molar-refractivity contribution >= 4 is 34.4 Å². The van der Waals surface area contributed by atoms with Gasteiger partial charge in [-0.1, -0.05) is 0 Å². The minimum atomic E-state index is -3.06. The summed E-state index contributed by atoms with van der Waals surface area (Å²) in [6.07, 6.45) is -0.879. The fourth-order valence-corrected chi connectivity index (χ4v) is 5.69. The van der Waals surface area contributed by atoms with Crippen LogP contribution in [0.3, 0.4) is 0 Å². The molecule has 0 aliphatic carbocycles. The number of carbonyl (C=O) groups excluding carboxylic acids is 3. The molecule has 14 heteroatoms. The summed E-state index contributed by atoms with van der Waals surface area (Å²) < 4.78 is 63.4. The predicted molar refractivity (Wildman–Crippen MR) is 127 cm³/mol. The lowest BCUT2D eigenvalue weighted by Gasteiger charge is -2.40. The van der Waals surface area contributed by atoms with Gasteiger partial charge in [0.1, 0.15) is 28.3 Å². The maximum Gasteiger partial charge on any atom is 0.311 e. The van der Waals surface area contributed by atoms with E-state index in [1.54, 1.807) is 14.0 Å². The van der Waals surface area contributed by atoms with Gasteiger partial charge < -0.3 is 24.8 Å². The quantitative estimate of drug-likeness (QED) is 0.511. The van der Waals surface area contributed by atoms with Gasteiger partial charge in [-0.15, -0.1) is 0 Å². The van der Waals surface area contributed by atoms with Crippen LogP contribution in [-0.4, -0.2) is 63.2 Å². The summed E-state index contributed by atoms with van der Waals surface area (Å²) in [5.41, 5.74) is -1.65. The van der Waals surface area contributed by atoms with Crippen LogP contribution in [0.2, 0.25) is 0 Å². The van der Waals surface area contributed by atoms with Crippen molar-refractivity contribution < 1.29 is 36.5 Å². The Morgan fingerprint density at radius 3 is 2.59 bits per heavy atom. The second-order valence-electron chi connectivity index (χ2n) is 8.86. The highest BCUT2D eigenvalue weighted by Gasteiger charge is 2.42. The van der Waals surface area contributed by atoms with Gasteiger partial charge in [0.2, 0.25) is 0 Å². The number of amides is 3. The summed E-state index contributed by atoms with van der Waals surface area (Å²) in [6, 6.07) is 2.85. The summed E-state index contributed by atoms with van der Waals surface area (Å²) in [5, 5.41) is 4.94. The maximum absolute atomic E-state index is 13.6. The topological polar surface area (TPSA) is 122 Å². The number of alkyl halides is 2. The third-order valence-electron chi connectivity index (χ3n) is 6.35. The van der Waals surface area contributed by atoms with Crippen LogP contribution in [0.1, 0.15) is 42.2 Å². The number of nitrogens with zero attached hydrogens (tertiary/aromatic N) is 2. The van der Waals surface area contributed by atoms with E-state index in [0.717, 1.165) is 18.2 Å². The van der Waals surface area contributed by atoms with Gasteiger partial charge in [-0.25, -0.2) is 22.1 Å². The maximum atomic E-state index is 13.6. The molecular weight excluding hydrogens is 515 g/mol. The van der Waals surface area contributed by atoms with E-state index in [4.69, 9.17) is 4.74 Å². The number of anilines is 1. The molecule has 3 N–H and O–H groups in total. The third kappa shape index (κ3) is 5.34. The number of aryl methyl sites for hydroxylation is 1. The predicted octanol–water partition coefficient (Wildman–Crippen LogP) is 1.86. The Kier molecular flexibility index (Phi) is 7.59. The van der Waals surface area contributed by atoms with Crippen molar-refractivity contribution in [1.82, 2.24) is 19.5 Å². The molecule has 4 rings (SSSR count). The Morgan fingerprint density at radius 1 is 1.24 bits per heavy atom. The van der Waals surface area contributed by atoms with Crippen LogP contribution >= 0.6 is 0 Å². The lowest BCUT2D eigenvalue weighted by Crippen LogP contribution is -2.58. The molecule has 2 aliphatic rings. The number of likely N-dealkylation sites (N-methyl/N-ethyl adjacent to an activating group) is 1. The molecule has 1 aromatic carbocycles. The number of piperidine rings is 1. The highest BCUT2D eigenvalue weighted by atomic mass is 32.2. The van der Waals surface area contributed by atoms with Crippen LogP contribution in [0, 0.1) is 5.82 Å². The van der Waals surface area contributed by atoms with Crippen molar-refractivity contribution in [2.75, 3.05) is 31.6 Å². The molecular formula is C23H26F3N5O5S. The van der Waals surface area contributed by atoms with Crippen LogP contribution < -0.4 is 20.1 Å². The summed E-state index contributed by atoms with van der Waals surface area (Å²) in [6.45, 7) is 2.56. The molecule has 0 radical (unpaired) electrons. The normalized spacial score (nSPS) is 18.6. The number of fused-ring (bicyclic) bond motifs is 1. The lowest BCUT2D eigenvalue weighted by molar-refractivity contribution is -0.147. The van der Waals surface area contributed by atoms with Crippen LogP contribution in [0.5, 0.6) is 5.75 Å². The highest BCUT2D eigenvalue weighted by molar-refractivity contribution is 7.83. The van der Waals surface area contributed by atoms with Gasteiger partial charge in [0.05, 0.1) is 11.1 Å². The van der Waals surface area contributed by atoms with E-state index in [9.17, 15) is 31.8 Å². The van der Waals surface area contributed by atoms with Crippen molar-refractivity contribution in [2.24, 2.45) is 7.05 Å². The van der Waals surface area contributed by atoms with Crippen LogP contribution in [-0.2, 0) is 27.6 Å². The summed E-state index contributed by atoms with van der Waals surface area (Å²) in [5.74, 6) is -3.05. The van der Waals surface area contributed by atoms with E-state index in [-0.39, 0.29) is 41.7 Å². The van der Waals surface area contributed by atoms with Crippen molar-refractivity contribution in [3.8, 4) is 5.75 Å². The molecule has 200 valence electrons. The minimum absolute atomic E-state index is 0.00831. The average Bonchev–Trinajstić information content (AvgIpc) is 3.14. The van der Waals surface area contributed by atoms with Gasteiger partial charge in [-0.05, 0) is 38.0 Å². The van der Waals surface area contributed by atoms with Crippen molar-refractivity contribution in [2.45, 2.75) is 36.6 Å². The number of benzene rings is 1. The number of likely N-dealkylation sites (tertiary alicyclic amines) is 1. The van der Waals surface area contributed by atoms with E-state index in [2.05, 4.69) is 15.4 Å². The van der Waals surface area contributed by atoms with E-state index in [1.165, 1.54) is 15.7 Å². The van der Waals surface area contributed by atoms with Crippen LogP contribution in [0.15, 0.2) is 29.3 Å². The summed E-state index contributed by atoms with van der Waals surface area (Å²) in [7, 11) is -0.234. The number of rotatable bonds is 4. The summed E-state index contributed by atoms with van der Waals surface area (Å²) >= 11 is 0. The Morgan fingerprint density at radius 2 is 1.95 bits per heavy atom. The van der Waals surface area contributed by atoms with Gasteiger partial charge in [-0.2, -0.15) is 0 Å². The van der Waals surface area contributed by atoms with E-state index in [0.29, 0.717) is 19.4 Å². The molecule has 1 saturated heterocycles. The fourth-order valence-electron chi connectivity index (χ4n) is 4.35. The molecule has 10 nitrogen and oxygen atoms in total. The molecule has 37 heavy (non-hydrogen) atoms. The van der Waals surface area contributed by atoms with Gasteiger partial charge in [0.15, 0.2) is 11.4 Å². The van der Waals surface area contributed by atoms with Crippen molar-refractivity contribution in [3.05, 3.63) is 41.5 Å². The zero-order chi connectivity index (χ0) is 26.9. The zero-order valence-corrected chi connectivity index (χ0v) is 20.9. The minimum Gasteiger partial charge on any atom is -0.488 e. The van der Waals surface area contributed by atoms with Crippen LogP contribution in [0.25, 0.3) is 0 Å². The molecule has 1 spiro atoms. The summed E-state index contributed by atoms with van der Waals surface area (Å²) in [4.78, 5) is 38.9. The number of ether oxygens (including phenoxy) is 1. The molecule has 2 aromatic rings. The van der Waals surface area contributed by atoms with Crippen molar-refractivity contribution in [3.63, 3.8) is 0 Å². The zero-order valence-electron chi connectivity index (χ0n) is 20.1. The molecule has 1 fully saturated rings. The number of halogens is 3.